The minimum Gasteiger partial charge on any atom is -0.480 e. The van der Waals surface area contributed by atoms with Crippen LogP contribution in [0.4, 0.5) is 0 Å². The molecule has 0 spiro atoms. The van der Waals surface area contributed by atoms with E-state index in [0.717, 1.165) is 0 Å². The third-order valence-electron chi connectivity index (χ3n) is 6.94. The highest BCUT2D eigenvalue weighted by atomic mass is 32.2. The van der Waals surface area contributed by atoms with Gasteiger partial charge in [-0.2, -0.15) is 0 Å². The third-order valence-corrected chi connectivity index (χ3v) is 11.5. The molecule has 4 N–H and O–H groups in total. The second-order valence-electron chi connectivity index (χ2n) is 9.68. The summed E-state index contributed by atoms with van der Waals surface area (Å²) in [6, 6.07) is 3.64. The molecule has 232 valence electrons. The fraction of sp³-hybridized carbons (Fsp3) is 0.385. The molecular formula is C26H25N5O9S4. The van der Waals surface area contributed by atoms with Crippen molar-refractivity contribution in [2.24, 2.45) is 0 Å². The van der Waals surface area contributed by atoms with Gasteiger partial charge in [0.1, 0.15) is 23.2 Å². The van der Waals surface area contributed by atoms with Crippen LogP contribution < -0.4 is 5.32 Å². The van der Waals surface area contributed by atoms with E-state index in [-0.39, 0.29) is 48.4 Å². The van der Waals surface area contributed by atoms with Crippen LogP contribution in [0.2, 0.25) is 0 Å². The number of aliphatic hydroxyl groups excluding tert-OH is 1. The van der Waals surface area contributed by atoms with Crippen LogP contribution in [0.3, 0.4) is 0 Å². The zero-order chi connectivity index (χ0) is 31.5. The molecule has 3 atom stereocenters. The molecule has 0 bridgehead atoms. The summed E-state index contributed by atoms with van der Waals surface area (Å²) < 4.78 is 1.31. The molecule has 0 saturated carbocycles. The number of carbonyl (C=O) groups is 6. The number of nitrogens with zero attached hydrogens (tertiary/aromatic N) is 4. The number of carboxylic acid groups (broad SMARTS) is 2. The molecule has 1 saturated heterocycles. The number of amides is 4. The summed E-state index contributed by atoms with van der Waals surface area (Å²) in [6.45, 7) is 0.00912. The summed E-state index contributed by atoms with van der Waals surface area (Å²) in [4.78, 5) is 77.1. The van der Waals surface area contributed by atoms with Gasteiger partial charge in [-0.3, -0.25) is 29.0 Å². The third kappa shape index (κ3) is 6.35. The van der Waals surface area contributed by atoms with E-state index in [4.69, 9.17) is 5.11 Å². The van der Waals surface area contributed by atoms with E-state index in [9.17, 15) is 39.0 Å². The number of imide groups is 1. The number of rotatable bonds is 14. The fourth-order valence-electron chi connectivity index (χ4n) is 4.95. The first-order valence-corrected chi connectivity index (χ1v) is 17.0. The fourth-order valence-corrected chi connectivity index (χ4v) is 9.26. The Bertz CT molecular complexity index is 1530. The minimum atomic E-state index is -1.46. The van der Waals surface area contributed by atoms with E-state index >= 15 is 0 Å². The predicted octanol–water partition coefficient (Wildman–Crippen LogP) is 1.37. The number of aliphatic carboxylic acids is 2. The monoisotopic (exact) mass is 679 g/mol. The molecule has 4 heterocycles. The first-order chi connectivity index (χ1) is 21.1. The number of thioether (sulfide) groups is 3. The molecule has 44 heavy (non-hydrogen) atoms. The Kier molecular flexibility index (Phi) is 9.94. The van der Waals surface area contributed by atoms with Crippen molar-refractivity contribution in [1.29, 1.82) is 0 Å². The van der Waals surface area contributed by atoms with Crippen molar-refractivity contribution in [3.05, 3.63) is 46.7 Å². The lowest BCUT2D eigenvalue weighted by atomic mass is 10.0. The van der Waals surface area contributed by atoms with Crippen LogP contribution in [-0.2, 0) is 19.2 Å². The molecule has 1 aromatic heterocycles. The molecule has 4 amide bonds. The van der Waals surface area contributed by atoms with Crippen LogP contribution in [0.25, 0.3) is 0 Å². The second kappa shape index (κ2) is 13.7. The van der Waals surface area contributed by atoms with Gasteiger partial charge in [-0.15, -0.1) is 22.0 Å². The largest absolute Gasteiger partial charge is 0.480 e. The Morgan fingerprint density at radius 1 is 1.05 bits per heavy atom. The summed E-state index contributed by atoms with van der Waals surface area (Å²) in [6.07, 6.45) is -0.315. The van der Waals surface area contributed by atoms with Gasteiger partial charge in [-0.05, 0) is 30.5 Å². The predicted molar refractivity (Wildman–Crippen MR) is 160 cm³/mol. The van der Waals surface area contributed by atoms with E-state index in [1.165, 1.54) is 63.7 Å². The van der Waals surface area contributed by atoms with Crippen molar-refractivity contribution in [2.75, 3.05) is 23.9 Å². The van der Waals surface area contributed by atoms with E-state index < -0.39 is 53.0 Å². The Morgan fingerprint density at radius 3 is 2.32 bits per heavy atom. The Hall–Kier alpha value is -3.45. The number of aromatic nitrogens is 2. The van der Waals surface area contributed by atoms with Crippen LogP contribution >= 0.6 is 46.6 Å². The minimum absolute atomic E-state index is 0.00912. The SMILES string of the molecule is O=C(CCC[C@H](C(=O)O)N1C(=O)c2ccccc2C1=O)NC1C(=O)N2C(C(=O)O)=C(CSc3nnc(SCCO)s3)CS[C@H]12. The van der Waals surface area contributed by atoms with Crippen LogP contribution in [-0.4, -0.2) is 112 Å². The van der Waals surface area contributed by atoms with Crippen LogP contribution in [0.5, 0.6) is 0 Å². The van der Waals surface area contributed by atoms with Crippen LogP contribution in [0.1, 0.15) is 40.0 Å². The zero-order valence-corrected chi connectivity index (χ0v) is 26.0. The van der Waals surface area contributed by atoms with Gasteiger partial charge in [0.05, 0.1) is 17.7 Å². The van der Waals surface area contributed by atoms with Gasteiger partial charge >= 0.3 is 11.9 Å². The van der Waals surface area contributed by atoms with Crippen molar-refractivity contribution in [3.8, 4) is 0 Å². The maximum atomic E-state index is 13.0. The van der Waals surface area contributed by atoms with Crippen LogP contribution in [0.15, 0.2) is 44.2 Å². The van der Waals surface area contributed by atoms with Crippen molar-refractivity contribution in [3.63, 3.8) is 0 Å². The molecule has 3 aliphatic heterocycles. The molecule has 1 unspecified atom stereocenters. The van der Waals surface area contributed by atoms with E-state index in [1.807, 2.05) is 0 Å². The molecule has 1 fully saturated rings. The van der Waals surface area contributed by atoms with Crippen LogP contribution in [0, 0.1) is 0 Å². The Morgan fingerprint density at radius 2 is 1.70 bits per heavy atom. The zero-order valence-electron chi connectivity index (χ0n) is 22.7. The average Bonchev–Trinajstić information content (AvgIpc) is 3.56. The highest BCUT2D eigenvalue weighted by Gasteiger charge is 2.54. The molecule has 5 rings (SSSR count). The molecule has 0 radical (unpaired) electrons. The van der Waals surface area contributed by atoms with Gasteiger partial charge in [0.25, 0.3) is 17.7 Å². The van der Waals surface area contributed by atoms with Gasteiger partial charge in [0.2, 0.25) is 5.91 Å². The Balaban J connectivity index is 1.15. The molecule has 0 aliphatic carbocycles. The van der Waals surface area contributed by atoms with Gasteiger partial charge in [0.15, 0.2) is 8.68 Å². The van der Waals surface area contributed by atoms with Gasteiger partial charge in [0, 0.05) is 23.7 Å². The normalized spacial score (nSPS) is 19.9. The second-order valence-corrected chi connectivity index (χ2v) is 14.3. The van der Waals surface area contributed by atoms with Crippen molar-refractivity contribution >= 4 is 82.2 Å². The van der Waals surface area contributed by atoms with Gasteiger partial charge < -0.3 is 20.6 Å². The maximum Gasteiger partial charge on any atom is 0.352 e. The molecule has 14 nitrogen and oxygen atoms in total. The number of carboxylic acids is 2. The number of benzene rings is 1. The highest BCUT2D eigenvalue weighted by molar-refractivity contribution is 8.03. The van der Waals surface area contributed by atoms with Crippen molar-refractivity contribution < 1.29 is 44.1 Å². The topological polar surface area (TPSA) is 207 Å². The van der Waals surface area contributed by atoms with Gasteiger partial charge in [-0.1, -0.05) is 47.0 Å². The number of hydrogen-bond donors (Lipinski definition) is 4. The molecule has 18 heteroatoms. The average molecular weight is 680 g/mol. The van der Waals surface area contributed by atoms with Crippen molar-refractivity contribution in [1.82, 2.24) is 25.3 Å². The number of carbonyl (C=O) groups excluding carboxylic acids is 4. The molecular weight excluding hydrogens is 655 g/mol. The molecule has 3 aliphatic rings. The standard InChI is InChI=1S/C26H25N5O9S4/c32-8-9-41-25-28-29-26(44-25)43-11-12-10-42-22-17(21(36)31(22)18(12)24(39)40)27-16(33)7-3-6-15(23(37)38)30-19(34)13-4-1-2-5-14(13)20(30)35/h1-2,4-5,15,17,22,32H,3,6-11H2,(H,27,33)(H,37,38)(H,39,40)/t15-,17?,22-/m1/s1. The van der Waals surface area contributed by atoms with Gasteiger partial charge in [-0.25, -0.2) is 9.59 Å². The molecule has 2 aromatic rings. The summed E-state index contributed by atoms with van der Waals surface area (Å²) in [5.41, 5.74) is 0.661. The summed E-state index contributed by atoms with van der Waals surface area (Å²) in [5, 5.41) is 38.7. The summed E-state index contributed by atoms with van der Waals surface area (Å²) >= 11 is 5.31. The summed E-state index contributed by atoms with van der Waals surface area (Å²) in [7, 11) is 0. The maximum absolute atomic E-state index is 13.0. The number of β-lactam (4-membered cyclic amide) rings is 1. The number of fused-ring (bicyclic) bond motifs is 2. The highest BCUT2D eigenvalue weighted by Crippen LogP contribution is 2.42. The number of hydrogen-bond acceptors (Lipinski definition) is 13. The summed E-state index contributed by atoms with van der Waals surface area (Å²) in [5.74, 6) is -4.07. The molecule has 1 aromatic carbocycles. The number of nitrogens with one attached hydrogen (secondary N) is 1. The smallest absolute Gasteiger partial charge is 0.352 e. The number of aliphatic hydroxyl groups is 1. The quantitative estimate of drug-likeness (QED) is 0.126. The lowest BCUT2D eigenvalue weighted by Gasteiger charge is -2.49. The first kappa shape index (κ1) is 32.0. The first-order valence-electron chi connectivity index (χ1n) is 13.2. The van der Waals surface area contributed by atoms with E-state index in [1.54, 1.807) is 12.1 Å². The Labute approximate surface area is 266 Å². The van der Waals surface area contributed by atoms with E-state index in [0.29, 0.717) is 30.7 Å². The lowest BCUT2D eigenvalue weighted by Crippen LogP contribution is -2.70. The van der Waals surface area contributed by atoms with E-state index in [2.05, 4.69) is 15.5 Å². The lowest BCUT2D eigenvalue weighted by molar-refractivity contribution is -0.150. The van der Waals surface area contributed by atoms with Crippen molar-refractivity contribution in [2.45, 2.75) is 45.4 Å².